The molecule has 0 aliphatic carbocycles. The summed E-state index contributed by atoms with van der Waals surface area (Å²) in [7, 11) is 0. The van der Waals surface area contributed by atoms with E-state index in [1.165, 1.54) is 28.2 Å². The number of rotatable bonds is 5. The standard InChI is InChI=1S/C20H22ClN3O4S/c1-13-9-15(3-2-6-25)11-18(26)24(13)16(10-14-4-7-28-8-5-14)19(27)23-20-22-12-17(21)29-20/h9,11-12,14,16,25H,4-8,10H2,1H3,(H,22,23,27)/t16-/m1/s1. The third kappa shape index (κ3) is 5.67. The second kappa shape index (κ2) is 10.0. The van der Waals surface area contributed by atoms with Gasteiger partial charge in [0.2, 0.25) is 5.91 Å². The Balaban J connectivity index is 1.93. The summed E-state index contributed by atoms with van der Waals surface area (Å²) >= 11 is 7.08. The topological polar surface area (TPSA) is 93.5 Å². The second-order valence-corrected chi connectivity index (χ2v) is 8.48. The largest absolute Gasteiger partial charge is 0.384 e. The first-order chi connectivity index (χ1) is 14.0. The Bertz CT molecular complexity index is 986. The van der Waals surface area contributed by atoms with E-state index in [0.717, 1.165) is 12.8 Å². The second-order valence-electron chi connectivity index (χ2n) is 6.82. The highest BCUT2D eigenvalue weighted by Gasteiger charge is 2.28. The van der Waals surface area contributed by atoms with Crippen LogP contribution in [0.5, 0.6) is 0 Å². The number of nitrogens with zero attached hydrogens (tertiary/aromatic N) is 2. The van der Waals surface area contributed by atoms with Gasteiger partial charge in [0.1, 0.15) is 17.0 Å². The number of nitrogens with one attached hydrogen (secondary N) is 1. The van der Waals surface area contributed by atoms with Crippen LogP contribution in [0.15, 0.2) is 23.1 Å². The molecule has 1 aliphatic heterocycles. The number of aryl methyl sites for hydroxylation is 1. The Hall–Kier alpha value is -2.18. The molecule has 2 aromatic rings. The van der Waals surface area contributed by atoms with Crippen LogP contribution in [0.1, 0.15) is 36.6 Å². The quantitative estimate of drug-likeness (QED) is 0.704. The van der Waals surface area contributed by atoms with Gasteiger partial charge >= 0.3 is 0 Å². The zero-order valence-corrected chi connectivity index (χ0v) is 17.6. The smallest absolute Gasteiger partial charge is 0.252 e. The Morgan fingerprint density at radius 3 is 2.86 bits per heavy atom. The van der Waals surface area contributed by atoms with Gasteiger partial charge in [-0.3, -0.25) is 9.59 Å². The number of thiazole rings is 1. The summed E-state index contributed by atoms with van der Waals surface area (Å²) < 4.78 is 7.40. The van der Waals surface area contributed by atoms with Gasteiger partial charge < -0.3 is 19.7 Å². The molecule has 0 unspecified atom stereocenters. The van der Waals surface area contributed by atoms with Crippen LogP contribution in [-0.4, -0.2) is 40.4 Å². The third-order valence-electron chi connectivity index (χ3n) is 4.79. The molecule has 1 aliphatic rings. The summed E-state index contributed by atoms with van der Waals surface area (Å²) in [5.41, 5.74) is 0.829. The van der Waals surface area contributed by atoms with Crippen LogP contribution >= 0.6 is 22.9 Å². The highest BCUT2D eigenvalue weighted by molar-refractivity contribution is 7.19. The maximum absolute atomic E-state index is 13.1. The third-order valence-corrected chi connectivity index (χ3v) is 5.82. The van der Waals surface area contributed by atoms with Gasteiger partial charge in [-0.15, -0.1) is 0 Å². The average Bonchev–Trinajstić information content (AvgIpc) is 3.10. The normalized spacial score (nSPS) is 15.4. The maximum atomic E-state index is 13.1. The predicted octanol–water partition coefficient (Wildman–Crippen LogP) is 2.61. The molecule has 0 saturated carbocycles. The van der Waals surface area contributed by atoms with Gasteiger partial charge in [-0.1, -0.05) is 34.8 Å². The molecule has 0 radical (unpaired) electrons. The summed E-state index contributed by atoms with van der Waals surface area (Å²) in [5, 5.41) is 12.1. The number of amides is 1. The van der Waals surface area contributed by atoms with Crippen molar-refractivity contribution in [3.63, 3.8) is 0 Å². The fraction of sp³-hybridized carbons (Fsp3) is 0.450. The van der Waals surface area contributed by atoms with Crippen molar-refractivity contribution < 1.29 is 14.6 Å². The van der Waals surface area contributed by atoms with Crippen molar-refractivity contribution >= 4 is 34.0 Å². The van der Waals surface area contributed by atoms with Crippen LogP contribution < -0.4 is 10.9 Å². The van der Waals surface area contributed by atoms with Gasteiger partial charge in [0.15, 0.2) is 5.13 Å². The van der Waals surface area contributed by atoms with E-state index in [4.69, 9.17) is 21.4 Å². The molecule has 0 bridgehead atoms. The van der Waals surface area contributed by atoms with E-state index in [0.29, 0.717) is 40.4 Å². The van der Waals surface area contributed by atoms with Crippen LogP contribution in [0.4, 0.5) is 5.13 Å². The average molecular weight is 436 g/mol. The van der Waals surface area contributed by atoms with Crippen LogP contribution in [0.2, 0.25) is 4.34 Å². The van der Waals surface area contributed by atoms with E-state index in [2.05, 4.69) is 22.1 Å². The zero-order valence-electron chi connectivity index (χ0n) is 16.0. The van der Waals surface area contributed by atoms with E-state index >= 15 is 0 Å². The molecule has 7 nitrogen and oxygen atoms in total. The van der Waals surface area contributed by atoms with Crippen LogP contribution in [0.25, 0.3) is 0 Å². The highest BCUT2D eigenvalue weighted by atomic mass is 35.5. The molecule has 154 valence electrons. The van der Waals surface area contributed by atoms with Gasteiger partial charge in [0, 0.05) is 30.5 Å². The lowest BCUT2D eigenvalue weighted by atomic mass is 9.91. The number of carbonyl (C=O) groups is 1. The monoisotopic (exact) mass is 435 g/mol. The molecule has 2 aromatic heterocycles. The Morgan fingerprint density at radius 1 is 1.48 bits per heavy atom. The number of pyridine rings is 1. The minimum absolute atomic E-state index is 0.277. The summed E-state index contributed by atoms with van der Waals surface area (Å²) in [5.74, 6) is 5.25. The van der Waals surface area contributed by atoms with Crippen molar-refractivity contribution in [3.05, 3.63) is 44.3 Å². The molecule has 1 atom stereocenters. The molecule has 9 heteroatoms. The predicted molar refractivity (Wildman–Crippen MR) is 112 cm³/mol. The van der Waals surface area contributed by atoms with Crippen molar-refractivity contribution in [1.29, 1.82) is 0 Å². The molecular formula is C20H22ClN3O4S. The van der Waals surface area contributed by atoms with Crippen LogP contribution in [-0.2, 0) is 9.53 Å². The van der Waals surface area contributed by atoms with Crippen molar-refractivity contribution in [2.45, 2.75) is 32.2 Å². The van der Waals surface area contributed by atoms with Crippen molar-refractivity contribution in [2.24, 2.45) is 5.92 Å². The summed E-state index contributed by atoms with van der Waals surface area (Å²) in [4.78, 5) is 30.1. The number of aliphatic hydroxyl groups excluding tert-OH is 1. The fourth-order valence-electron chi connectivity index (χ4n) is 3.45. The molecule has 3 heterocycles. The molecular weight excluding hydrogens is 414 g/mol. The first-order valence-corrected chi connectivity index (χ1v) is 10.5. The van der Waals surface area contributed by atoms with Crippen molar-refractivity contribution in [2.75, 3.05) is 25.1 Å². The van der Waals surface area contributed by atoms with Crippen molar-refractivity contribution in [1.82, 2.24) is 9.55 Å². The molecule has 0 spiro atoms. The molecule has 3 rings (SSSR count). The number of halogens is 1. The van der Waals surface area contributed by atoms with E-state index in [1.54, 1.807) is 13.0 Å². The maximum Gasteiger partial charge on any atom is 0.252 e. The molecule has 1 saturated heterocycles. The van der Waals surface area contributed by atoms with Gasteiger partial charge in [-0.25, -0.2) is 4.98 Å². The summed E-state index contributed by atoms with van der Waals surface area (Å²) in [6.45, 7) is 2.80. The Labute approximate surface area is 177 Å². The van der Waals surface area contributed by atoms with Gasteiger partial charge in [0.05, 0.1) is 6.20 Å². The Kier molecular flexibility index (Phi) is 7.45. The molecule has 2 N–H and O–H groups in total. The number of aromatic nitrogens is 2. The Morgan fingerprint density at radius 2 is 2.24 bits per heavy atom. The SMILES string of the molecule is Cc1cc(C#CCO)cc(=O)n1[C@H](CC1CCOCC1)C(=O)Nc1ncc(Cl)s1. The van der Waals surface area contributed by atoms with E-state index in [1.807, 2.05) is 0 Å². The minimum Gasteiger partial charge on any atom is -0.384 e. The molecule has 0 aromatic carbocycles. The minimum atomic E-state index is -0.687. The van der Waals surface area contributed by atoms with Crippen LogP contribution in [0, 0.1) is 24.7 Å². The summed E-state index contributed by atoms with van der Waals surface area (Å²) in [6, 6.07) is 2.45. The highest BCUT2D eigenvalue weighted by Crippen LogP contribution is 2.29. The first kappa shape index (κ1) is 21.5. The fourth-order valence-corrected chi connectivity index (χ4v) is 4.27. The molecule has 29 heavy (non-hydrogen) atoms. The number of aliphatic hydroxyl groups is 1. The van der Waals surface area contributed by atoms with Gasteiger partial charge in [-0.05, 0) is 38.2 Å². The zero-order chi connectivity index (χ0) is 20.8. The summed E-state index contributed by atoms with van der Waals surface area (Å²) in [6.07, 6.45) is 3.69. The number of ether oxygens (including phenoxy) is 1. The number of hydrogen-bond donors (Lipinski definition) is 2. The van der Waals surface area contributed by atoms with Crippen molar-refractivity contribution in [3.8, 4) is 11.8 Å². The van der Waals surface area contributed by atoms with E-state index in [9.17, 15) is 9.59 Å². The van der Waals surface area contributed by atoms with E-state index < -0.39 is 6.04 Å². The molecule has 1 fully saturated rings. The number of carbonyl (C=O) groups excluding carboxylic acids is 1. The number of anilines is 1. The van der Waals surface area contributed by atoms with E-state index in [-0.39, 0.29) is 24.0 Å². The number of hydrogen-bond acceptors (Lipinski definition) is 6. The molecule has 1 amide bonds. The lowest BCUT2D eigenvalue weighted by molar-refractivity contribution is -0.120. The van der Waals surface area contributed by atoms with Crippen LogP contribution in [0.3, 0.4) is 0 Å². The first-order valence-electron chi connectivity index (χ1n) is 9.30. The van der Waals surface area contributed by atoms with Gasteiger partial charge in [0.25, 0.3) is 5.56 Å². The van der Waals surface area contributed by atoms with Gasteiger partial charge in [-0.2, -0.15) is 0 Å². The lowest BCUT2D eigenvalue weighted by Crippen LogP contribution is -2.36. The lowest BCUT2D eigenvalue weighted by Gasteiger charge is -2.28.